The van der Waals surface area contributed by atoms with Crippen LogP contribution in [0.3, 0.4) is 0 Å². The third-order valence-electron chi connectivity index (χ3n) is 2.68. The molecule has 18 heavy (non-hydrogen) atoms. The molecule has 100 valence electrons. The van der Waals surface area contributed by atoms with Crippen molar-refractivity contribution in [2.45, 2.75) is 33.2 Å². The second-order valence-electron chi connectivity index (χ2n) is 4.34. The topological polar surface area (TPSA) is 53.4 Å². The highest BCUT2D eigenvalue weighted by Crippen LogP contribution is 2.15. The Morgan fingerprint density at radius 3 is 2.67 bits per heavy atom. The molecule has 1 N–H and O–H groups in total. The number of aromatic nitrogens is 1. The minimum Gasteiger partial charge on any atom is -0.395 e. The van der Waals surface area contributed by atoms with E-state index in [1.54, 1.807) is 17.0 Å². The number of carbonyl (C=O) groups excluding carboxylic acids is 1. The average molecular weight is 271 g/mol. The Kier molecular flexibility index (Phi) is 5.56. The molecule has 0 radical (unpaired) electrons. The van der Waals surface area contributed by atoms with Crippen LogP contribution >= 0.6 is 11.6 Å². The standard InChI is InChI=1S/C13H19ClN2O2/c1-4-11-7-10(8-12(14)15-11)13(18)16(5-6-17)9(2)3/h7-9,17H,4-6H2,1-3H3. The van der Waals surface area contributed by atoms with Gasteiger partial charge in [0.1, 0.15) is 5.15 Å². The Balaban J connectivity index is 3.04. The number of amides is 1. The molecule has 0 aliphatic carbocycles. The van der Waals surface area contributed by atoms with Crippen LogP contribution in [0.25, 0.3) is 0 Å². The summed E-state index contributed by atoms with van der Waals surface area (Å²) in [5.74, 6) is -0.127. The van der Waals surface area contributed by atoms with E-state index in [2.05, 4.69) is 4.98 Å². The van der Waals surface area contributed by atoms with Gasteiger partial charge in [0, 0.05) is 23.8 Å². The van der Waals surface area contributed by atoms with E-state index in [9.17, 15) is 4.79 Å². The fourth-order valence-electron chi connectivity index (χ4n) is 1.72. The number of hydrogen-bond acceptors (Lipinski definition) is 3. The number of aliphatic hydroxyl groups excluding tert-OH is 1. The molecule has 1 rings (SSSR count). The smallest absolute Gasteiger partial charge is 0.254 e. The van der Waals surface area contributed by atoms with Crippen molar-refractivity contribution in [3.8, 4) is 0 Å². The fourth-order valence-corrected chi connectivity index (χ4v) is 1.95. The third-order valence-corrected chi connectivity index (χ3v) is 2.88. The van der Waals surface area contributed by atoms with Crippen LogP contribution in [0.15, 0.2) is 12.1 Å². The molecule has 1 amide bonds. The number of aryl methyl sites for hydroxylation is 1. The van der Waals surface area contributed by atoms with Crippen molar-refractivity contribution in [2.75, 3.05) is 13.2 Å². The number of carbonyl (C=O) groups is 1. The highest BCUT2D eigenvalue weighted by Gasteiger charge is 2.19. The highest BCUT2D eigenvalue weighted by molar-refractivity contribution is 6.29. The summed E-state index contributed by atoms with van der Waals surface area (Å²) >= 11 is 5.90. The summed E-state index contributed by atoms with van der Waals surface area (Å²) in [6.45, 7) is 6.05. The van der Waals surface area contributed by atoms with E-state index in [0.29, 0.717) is 17.3 Å². The van der Waals surface area contributed by atoms with Crippen LogP contribution in [0.2, 0.25) is 5.15 Å². The van der Waals surface area contributed by atoms with Gasteiger partial charge >= 0.3 is 0 Å². The number of aliphatic hydroxyl groups is 1. The van der Waals surface area contributed by atoms with Crippen molar-refractivity contribution >= 4 is 17.5 Å². The van der Waals surface area contributed by atoms with E-state index in [1.807, 2.05) is 20.8 Å². The summed E-state index contributed by atoms with van der Waals surface area (Å²) < 4.78 is 0. The van der Waals surface area contributed by atoms with Crippen LogP contribution < -0.4 is 0 Å². The largest absolute Gasteiger partial charge is 0.395 e. The first kappa shape index (κ1) is 14.9. The fraction of sp³-hybridized carbons (Fsp3) is 0.538. The molecule has 1 heterocycles. The second-order valence-corrected chi connectivity index (χ2v) is 4.73. The van der Waals surface area contributed by atoms with Crippen LogP contribution in [0.1, 0.15) is 36.8 Å². The second kappa shape index (κ2) is 6.71. The summed E-state index contributed by atoms with van der Waals surface area (Å²) in [4.78, 5) is 18.1. The molecule has 1 aromatic heterocycles. The van der Waals surface area contributed by atoms with Crippen LogP contribution in [0.4, 0.5) is 0 Å². The maximum absolute atomic E-state index is 12.3. The Morgan fingerprint density at radius 1 is 1.50 bits per heavy atom. The Bertz CT molecular complexity index is 421. The minimum atomic E-state index is -0.127. The normalized spacial score (nSPS) is 10.8. The SMILES string of the molecule is CCc1cc(C(=O)N(CCO)C(C)C)cc(Cl)n1. The van der Waals surface area contributed by atoms with Gasteiger partial charge < -0.3 is 10.0 Å². The lowest BCUT2D eigenvalue weighted by Crippen LogP contribution is -2.39. The lowest BCUT2D eigenvalue weighted by Gasteiger charge is -2.26. The van der Waals surface area contributed by atoms with Gasteiger partial charge in [0.25, 0.3) is 5.91 Å². The molecule has 0 saturated heterocycles. The van der Waals surface area contributed by atoms with Gasteiger partial charge in [-0.15, -0.1) is 0 Å². The molecule has 4 nitrogen and oxygen atoms in total. The zero-order chi connectivity index (χ0) is 13.7. The van der Waals surface area contributed by atoms with Gasteiger partial charge in [-0.2, -0.15) is 0 Å². The minimum absolute atomic E-state index is 0.0293. The number of hydrogen-bond donors (Lipinski definition) is 1. The van der Waals surface area contributed by atoms with Gasteiger partial charge in [0.15, 0.2) is 0 Å². The van der Waals surface area contributed by atoms with E-state index in [4.69, 9.17) is 16.7 Å². The van der Waals surface area contributed by atoms with Crippen LogP contribution in [0, 0.1) is 0 Å². The molecule has 1 aromatic rings. The molecular weight excluding hydrogens is 252 g/mol. The summed E-state index contributed by atoms with van der Waals surface area (Å²) in [7, 11) is 0. The van der Waals surface area contributed by atoms with E-state index >= 15 is 0 Å². The lowest BCUT2D eigenvalue weighted by atomic mass is 10.1. The third kappa shape index (κ3) is 3.68. The molecular formula is C13H19ClN2O2. The van der Waals surface area contributed by atoms with Crippen molar-refractivity contribution in [1.29, 1.82) is 0 Å². The first-order valence-electron chi connectivity index (χ1n) is 6.07. The van der Waals surface area contributed by atoms with Crippen LogP contribution in [-0.4, -0.2) is 40.1 Å². The van der Waals surface area contributed by atoms with E-state index < -0.39 is 0 Å². The van der Waals surface area contributed by atoms with Gasteiger partial charge in [-0.1, -0.05) is 18.5 Å². The number of halogens is 1. The maximum Gasteiger partial charge on any atom is 0.254 e. The van der Waals surface area contributed by atoms with Crippen molar-refractivity contribution in [2.24, 2.45) is 0 Å². The molecule has 0 saturated carbocycles. The molecule has 0 aromatic carbocycles. The molecule has 0 aliphatic heterocycles. The van der Waals surface area contributed by atoms with E-state index in [0.717, 1.165) is 12.1 Å². The van der Waals surface area contributed by atoms with Gasteiger partial charge in [-0.3, -0.25) is 4.79 Å². The predicted molar refractivity (Wildman–Crippen MR) is 71.9 cm³/mol. The summed E-state index contributed by atoms with van der Waals surface area (Å²) in [6, 6.07) is 3.35. The molecule has 5 heteroatoms. The molecule has 0 bridgehead atoms. The van der Waals surface area contributed by atoms with Crippen molar-refractivity contribution in [1.82, 2.24) is 9.88 Å². The lowest BCUT2D eigenvalue weighted by molar-refractivity contribution is 0.0665. The predicted octanol–water partition coefficient (Wildman–Crippen LogP) is 2.14. The molecule has 0 unspecified atom stereocenters. The van der Waals surface area contributed by atoms with Gasteiger partial charge in [-0.25, -0.2) is 4.98 Å². The first-order chi connectivity index (χ1) is 8.49. The molecule has 0 spiro atoms. The Hall–Kier alpha value is -1.13. The monoisotopic (exact) mass is 270 g/mol. The number of pyridine rings is 1. The van der Waals surface area contributed by atoms with Crippen molar-refractivity contribution in [3.63, 3.8) is 0 Å². The first-order valence-corrected chi connectivity index (χ1v) is 6.45. The Labute approximate surface area is 113 Å². The van der Waals surface area contributed by atoms with Gasteiger partial charge in [-0.05, 0) is 32.4 Å². The van der Waals surface area contributed by atoms with E-state index in [1.165, 1.54) is 0 Å². The zero-order valence-electron chi connectivity index (χ0n) is 11.0. The van der Waals surface area contributed by atoms with Crippen molar-refractivity contribution in [3.05, 3.63) is 28.5 Å². The van der Waals surface area contributed by atoms with Crippen molar-refractivity contribution < 1.29 is 9.90 Å². The molecule has 0 fully saturated rings. The number of nitrogens with zero attached hydrogens (tertiary/aromatic N) is 2. The molecule has 0 atom stereocenters. The maximum atomic E-state index is 12.3. The summed E-state index contributed by atoms with van der Waals surface area (Å²) in [6.07, 6.45) is 0.725. The zero-order valence-corrected chi connectivity index (χ0v) is 11.7. The summed E-state index contributed by atoms with van der Waals surface area (Å²) in [5, 5.41) is 9.33. The molecule has 0 aliphatic rings. The van der Waals surface area contributed by atoms with Crippen LogP contribution in [-0.2, 0) is 6.42 Å². The van der Waals surface area contributed by atoms with Gasteiger partial charge in [0.05, 0.1) is 6.61 Å². The number of rotatable bonds is 5. The average Bonchev–Trinajstić information content (AvgIpc) is 2.33. The summed E-state index contributed by atoms with van der Waals surface area (Å²) in [5.41, 5.74) is 1.31. The Morgan fingerprint density at radius 2 is 2.17 bits per heavy atom. The van der Waals surface area contributed by atoms with E-state index in [-0.39, 0.29) is 18.6 Å². The van der Waals surface area contributed by atoms with Gasteiger partial charge in [0.2, 0.25) is 0 Å². The van der Waals surface area contributed by atoms with Crippen LogP contribution in [0.5, 0.6) is 0 Å². The highest BCUT2D eigenvalue weighted by atomic mass is 35.5. The quantitative estimate of drug-likeness (QED) is 0.834.